The number of hydrogen-bond donors (Lipinski definition) is 3. The summed E-state index contributed by atoms with van der Waals surface area (Å²) in [6, 6.07) is -0.291. The maximum Gasteiger partial charge on any atom is 0.333 e. The second kappa shape index (κ2) is 18.6. The molecule has 0 saturated carbocycles. The summed E-state index contributed by atoms with van der Waals surface area (Å²) >= 11 is 0. The fourth-order valence-corrected chi connectivity index (χ4v) is 4.88. The van der Waals surface area contributed by atoms with Crippen LogP contribution in [0, 0.1) is 23.7 Å². The Morgan fingerprint density at radius 2 is 1.76 bits per heavy atom. The number of nitrogens with one attached hydrogen (secondary N) is 1. The highest BCUT2D eigenvalue weighted by Crippen LogP contribution is 2.22. The van der Waals surface area contributed by atoms with Gasteiger partial charge in [0, 0.05) is 35.8 Å². The van der Waals surface area contributed by atoms with Crippen molar-refractivity contribution in [1.82, 2.24) is 5.32 Å². The van der Waals surface area contributed by atoms with Crippen LogP contribution in [0.2, 0.25) is 0 Å². The van der Waals surface area contributed by atoms with Crippen LogP contribution in [0.3, 0.4) is 0 Å². The van der Waals surface area contributed by atoms with Crippen molar-refractivity contribution in [2.45, 2.75) is 118 Å². The number of ketones is 2. The van der Waals surface area contributed by atoms with Crippen molar-refractivity contribution in [2.75, 3.05) is 0 Å². The Balaban J connectivity index is 3.15. The van der Waals surface area contributed by atoms with Gasteiger partial charge in [0.1, 0.15) is 17.7 Å². The number of amides is 1. The first-order valence-corrected chi connectivity index (χ1v) is 15.2. The Labute approximate surface area is 252 Å². The number of allylic oxidation sites excluding steroid dienone is 3. The van der Waals surface area contributed by atoms with E-state index in [1.54, 1.807) is 52.8 Å². The van der Waals surface area contributed by atoms with E-state index in [9.17, 15) is 29.4 Å². The van der Waals surface area contributed by atoms with E-state index in [1.165, 1.54) is 0 Å². The van der Waals surface area contributed by atoms with Crippen molar-refractivity contribution in [2.24, 2.45) is 23.7 Å². The molecule has 0 bridgehead atoms. The summed E-state index contributed by atoms with van der Waals surface area (Å²) in [5, 5.41) is 23.9. The molecule has 0 saturated heterocycles. The summed E-state index contributed by atoms with van der Waals surface area (Å²) in [4.78, 5) is 51.0. The van der Waals surface area contributed by atoms with Gasteiger partial charge in [-0.15, -0.1) is 0 Å². The van der Waals surface area contributed by atoms with Crippen molar-refractivity contribution in [1.29, 1.82) is 0 Å². The lowest BCUT2D eigenvalue weighted by molar-refractivity contribution is -0.142. The average molecular weight is 588 g/mol. The van der Waals surface area contributed by atoms with Gasteiger partial charge in [0.15, 0.2) is 0 Å². The number of hydrogen-bond acceptors (Lipinski definition) is 7. The van der Waals surface area contributed by atoms with Crippen LogP contribution in [0.25, 0.3) is 0 Å². The van der Waals surface area contributed by atoms with E-state index in [0.29, 0.717) is 37.7 Å². The van der Waals surface area contributed by atoms with Gasteiger partial charge in [-0.3, -0.25) is 14.4 Å². The Morgan fingerprint density at radius 1 is 1.10 bits per heavy atom. The third kappa shape index (κ3) is 13.4. The van der Waals surface area contributed by atoms with E-state index in [0.717, 1.165) is 5.57 Å². The van der Waals surface area contributed by atoms with Crippen LogP contribution < -0.4 is 5.32 Å². The van der Waals surface area contributed by atoms with Gasteiger partial charge in [0.2, 0.25) is 5.91 Å². The van der Waals surface area contributed by atoms with Crippen LogP contribution in [0.4, 0.5) is 0 Å². The Hall–Kier alpha value is -2.84. The van der Waals surface area contributed by atoms with Crippen molar-refractivity contribution >= 4 is 23.4 Å². The zero-order valence-corrected chi connectivity index (χ0v) is 26.6. The first-order valence-electron chi connectivity index (χ1n) is 15.2. The number of esters is 1. The largest absolute Gasteiger partial charge is 0.455 e. The van der Waals surface area contributed by atoms with Crippen molar-refractivity contribution in [3.8, 4) is 0 Å². The zero-order chi connectivity index (χ0) is 32.0. The number of Topliss-reactive ketones (excluding diaryl/α,β-unsaturated/α-hetero) is 2. The number of aliphatic hydroxyl groups excluding tert-OH is 2. The summed E-state index contributed by atoms with van der Waals surface area (Å²) in [5.41, 5.74) is 1.17. The number of carbonyl (C=O) groups is 4. The standard InChI is InChI=1S/C34H53NO7/c1-9-10-22(3)29(36)17-12-21(2)11-15-28-16-13-23(4)31(38)20-32(39)35-26(7)14-18-30(37)27(8)33(40)24(5)19-25(6)34(41)42-28/h9-11,15,19,21,23-24,26-29,33,36,40H,1,12-14,16-18,20H2,2-8H3,(H,35,39)/b15-11+,22-10+,25-19-/t21-,23?,24+,26-,27+,28+,29+,33+/m1/s1. The normalized spacial score (nSPS) is 31.2. The predicted octanol–water partition coefficient (Wildman–Crippen LogP) is 5.19. The number of cyclic esters (lactones) is 1. The van der Waals surface area contributed by atoms with Gasteiger partial charge < -0.3 is 20.3 Å². The van der Waals surface area contributed by atoms with Gasteiger partial charge in [0.25, 0.3) is 0 Å². The lowest BCUT2D eigenvalue weighted by Crippen LogP contribution is -2.36. The minimum absolute atomic E-state index is 0.0995. The monoisotopic (exact) mass is 587 g/mol. The highest BCUT2D eigenvalue weighted by Gasteiger charge is 2.28. The van der Waals surface area contributed by atoms with Crippen molar-refractivity contribution in [3.05, 3.63) is 48.1 Å². The molecule has 1 amide bonds. The molecular weight excluding hydrogens is 534 g/mol. The second-order valence-corrected chi connectivity index (χ2v) is 12.1. The first kappa shape index (κ1) is 37.2. The van der Waals surface area contributed by atoms with Crippen LogP contribution >= 0.6 is 0 Å². The van der Waals surface area contributed by atoms with E-state index in [1.807, 2.05) is 26.0 Å². The summed E-state index contributed by atoms with van der Waals surface area (Å²) < 4.78 is 5.82. The quantitative estimate of drug-likeness (QED) is 0.162. The van der Waals surface area contributed by atoms with Gasteiger partial charge in [-0.05, 0) is 70.4 Å². The van der Waals surface area contributed by atoms with Crippen LogP contribution in [0.5, 0.6) is 0 Å². The molecule has 0 spiro atoms. The van der Waals surface area contributed by atoms with Crippen molar-refractivity contribution in [3.63, 3.8) is 0 Å². The number of rotatable bonds is 7. The number of ether oxygens (including phenoxy) is 1. The molecule has 1 rings (SSSR count). The number of carbonyl (C=O) groups excluding carboxylic acids is 4. The lowest BCUT2D eigenvalue weighted by atomic mass is 9.87. The molecule has 1 aliphatic heterocycles. The molecule has 1 heterocycles. The molecular formula is C34H53NO7. The third-order valence-electron chi connectivity index (χ3n) is 8.11. The molecule has 3 N–H and O–H groups in total. The van der Waals surface area contributed by atoms with Gasteiger partial charge >= 0.3 is 5.97 Å². The molecule has 42 heavy (non-hydrogen) atoms. The molecule has 0 aromatic rings. The molecule has 0 aromatic heterocycles. The Bertz CT molecular complexity index is 1030. The van der Waals surface area contributed by atoms with Gasteiger partial charge in [0.05, 0.1) is 18.6 Å². The molecule has 0 aromatic carbocycles. The molecule has 0 aliphatic carbocycles. The van der Waals surface area contributed by atoms with E-state index < -0.39 is 42.0 Å². The number of aliphatic hydroxyl groups is 2. The maximum atomic E-state index is 13.0. The molecule has 0 radical (unpaired) electrons. The maximum absolute atomic E-state index is 13.0. The topological polar surface area (TPSA) is 130 Å². The average Bonchev–Trinajstić information content (AvgIpc) is 2.93. The minimum Gasteiger partial charge on any atom is -0.455 e. The SMILES string of the molecule is C=C/C=C(\C)[C@@H](O)CC[C@H](C)/C=C/[C@H]1CCC(C)C(=O)CC(=O)N[C@H](C)CCC(=O)[C@H](C)[C@@H](O)[C@@H](C)/C=C(/C)C(=O)O1. The van der Waals surface area contributed by atoms with Crippen LogP contribution in [-0.4, -0.2) is 58.0 Å². The third-order valence-corrected chi connectivity index (χ3v) is 8.11. The highest BCUT2D eigenvalue weighted by molar-refractivity contribution is 5.99. The molecule has 8 heteroatoms. The molecule has 8 nitrogen and oxygen atoms in total. The smallest absolute Gasteiger partial charge is 0.333 e. The van der Waals surface area contributed by atoms with Gasteiger partial charge in [-0.25, -0.2) is 4.79 Å². The van der Waals surface area contributed by atoms with Crippen molar-refractivity contribution < 1.29 is 34.1 Å². The summed E-state index contributed by atoms with van der Waals surface area (Å²) in [5.74, 6) is -2.69. The van der Waals surface area contributed by atoms with Gasteiger partial charge in [-0.2, -0.15) is 0 Å². The van der Waals surface area contributed by atoms with Crippen LogP contribution in [-0.2, 0) is 23.9 Å². The Morgan fingerprint density at radius 3 is 2.40 bits per heavy atom. The molecule has 1 unspecified atom stereocenters. The van der Waals surface area contributed by atoms with Crippen LogP contribution in [0.15, 0.2) is 48.1 Å². The molecule has 1 aliphatic rings. The summed E-state index contributed by atoms with van der Waals surface area (Å²) in [7, 11) is 0. The van der Waals surface area contributed by atoms with E-state index in [2.05, 4.69) is 11.9 Å². The first-order chi connectivity index (χ1) is 19.7. The lowest BCUT2D eigenvalue weighted by Gasteiger charge is -2.23. The van der Waals surface area contributed by atoms with Crippen LogP contribution in [0.1, 0.15) is 93.4 Å². The van der Waals surface area contributed by atoms with Gasteiger partial charge in [-0.1, -0.05) is 58.6 Å². The van der Waals surface area contributed by atoms with E-state index >= 15 is 0 Å². The molecule has 236 valence electrons. The predicted molar refractivity (Wildman–Crippen MR) is 165 cm³/mol. The zero-order valence-electron chi connectivity index (χ0n) is 26.6. The minimum atomic E-state index is -0.984. The van der Waals surface area contributed by atoms with E-state index in [-0.39, 0.29) is 42.3 Å². The second-order valence-electron chi connectivity index (χ2n) is 12.1. The summed E-state index contributed by atoms with van der Waals surface area (Å²) in [6.07, 6.45) is 9.10. The highest BCUT2D eigenvalue weighted by atomic mass is 16.5. The fraction of sp³-hybridized carbons (Fsp3) is 0.647. The summed E-state index contributed by atoms with van der Waals surface area (Å²) in [6.45, 7) is 16.1. The molecule has 8 atom stereocenters. The molecule has 0 fully saturated rings. The van der Waals surface area contributed by atoms with E-state index in [4.69, 9.17) is 4.74 Å². The Kier molecular flexibility index (Phi) is 16.5. The fourth-order valence-electron chi connectivity index (χ4n) is 4.88.